The highest BCUT2D eigenvalue weighted by molar-refractivity contribution is 14.1. The van der Waals surface area contributed by atoms with Gasteiger partial charge >= 0.3 is 6.43 Å². The van der Waals surface area contributed by atoms with E-state index in [4.69, 9.17) is 34.8 Å². The highest BCUT2D eigenvalue weighted by Crippen LogP contribution is 2.65. The van der Waals surface area contributed by atoms with Crippen LogP contribution in [-0.4, -0.2) is 28.5 Å². The van der Waals surface area contributed by atoms with Crippen molar-refractivity contribution in [3.63, 3.8) is 0 Å². The van der Waals surface area contributed by atoms with Crippen LogP contribution in [0.3, 0.4) is 0 Å². The summed E-state index contributed by atoms with van der Waals surface area (Å²) >= 11 is 21.0. The van der Waals surface area contributed by atoms with Gasteiger partial charge in [-0.3, -0.25) is 14.4 Å². The van der Waals surface area contributed by atoms with Crippen molar-refractivity contribution < 1.29 is 31.9 Å². The molecule has 0 aromatic heterocycles. The molecule has 1 saturated carbocycles. The largest absolute Gasteiger partial charge is 0.326 e. The zero-order valence-electron chi connectivity index (χ0n) is 19.2. The molecule has 204 valence electrons. The first-order valence-electron chi connectivity index (χ1n) is 10.9. The second-order valence-corrected chi connectivity index (χ2v) is 11.5. The highest BCUT2D eigenvalue weighted by atomic mass is 127. The van der Waals surface area contributed by atoms with E-state index in [9.17, 15) is 31.9 Å². The van der Waals surface area contributed by atoms with Gasteiger partial charge < -0.3 is 16.0 Å². The third-order valence-corrected chi connectivity index (χ3v) is 7.75. The number of nitrogens with one attached hydrogen (secondary N) is 3. The Hall–Kier alpha value is -2.61. The van der Waals surface area contributed by atoms with Crippen molar-refractivity contribution in [1.29, 1.82) is 0 Å². The first-order chi connectivity index (χ1) is 18.3. The van der Waals surface area contributed by atoms with Gasteiger partial charge in [-0.25, -0.2) is 8.78 Å². The number of carbonyl (C=O) groups excluding carboxylic acids is 3. The van der Waals surface area contributed by atoms with Crippen molar-refractivity contribution in [2.24, 2.45) is 5.92 Å². The number of hydrogen-bond acceptors (Lipinski definition) is 3. The minimum absolute atomic E-state index is 0.0774. The van der Waals surface area contributed by atoms with Crippen LogP contribution in [0.5, 0.6) is 0 Å². The van der Waals surface area contributed by atoms with Crippen LogP contribution in [0.4, 0.5) is 34.6 Å². The molecule has 0 radical (unpaired) electrons. The van der Waals surface area contributed by atoms with Gasteiger partial charge in [-0.15, -0.1) is 23.2 Å². The number of halogens is 8. The quantitative estimate of drug-likeness (QED) is 0.138. The van der Waals surface area contributed by atoms with Gasteiger partial charge in [0.2, 0.25) is 5.91 Å². The first kappa shape index (κ1) is 29.4. The maximum atomic E-state index is 14.7. The molecule has 6 nitrogen and oxygen atoms in total. The minimum atomic E-state index is -3.52. The molecule has 0 unspecified atom stereocenters. The zero-order chi connectivity index (χ0) is 28.6. The molecule has 0 heterocycles. The molecule has 14 heteroatoms. The van der Waals surface area contributed by atoms with E-state index in [1.54, 1.807) is 0 Å². The lowest BCUT2D eigenvalue weighted by Gasteiger charge is -2.13. The molecule has 3 N–H and O–H groups in total. The van der Waals surface area contributed by atoms with E-state index in [-0.39, 0.29) is 16.3 Å². The Morgan fingerprint density at radius 2 is 1.67 bits per heavy atom. The number of alkyl halides is 4. The molecular weight excluding hydrogens is 700 g/mol. The fraction of sp³-hybridized carbons (Fsp3) is 0.160. The molecule has 0 aliphatic heterocycles. The average molecular weight is 715 g/mol. The number of anilines is 3. The van der Waals surface area contributed by atoms with Crippen LogP contribution in [0.2, 0.25) is 5.02 Å². The Kier molecular flexibility index (Phi) is 8.64. The maximum Gasteiger partial charge on any atom is 0.315 e. The summed E-state index contributed by atoms with van der Waals surface area (Å²) in [5.41, 5.74) is -1.05. The van der Waals surface area contributed by atoms with Gasteiger partial charge in [-0.1, -0.05) is 23.7 Å². The second kappa shape index (κ2) is 11.5. The van der Waals surface area contributed by atoms with Crippen molar-refractivity contribution in [3.8, 4) is 0 Å². The monoisotopic (exact) mass is 713 g/mol. The van der Waals surface area contributed by atoms with Gasteiger partial charge in [-0.05, 0) is 70.6 Å². The topological polar surface area (TPSA) is 87.3 Å². The molecule has 1 aliphatic rings. The third-order valence-electron chi connectivity index (χ3n) is 5.81. The number of carbonyl (C=O) groups is 3. The predicted molar refractivity (Wildman–Crippen MR) is 149 cm³/mol. The second-order valence-electron chi connectivity index (χ2n) is 8.40. The summed E-state index contributed by atoms with van der Waals surface area (Å²) in [6.45, 7) is 0. The van der Waals surface area contributed by atoms with Crippen LogP contribution in [0.1, 0.15) is 21.8 Å². The van der Waals surface area contributed by atoms with E-state index < -0.39 is 63.3 Å². The fourth-order valence-corrected chi connectivity index (χ4v) is 5.49. The van der Waals surface area contributed by atoms with Crippen LogP contribution in [0.25, 0.3) is 0 Å². The average Bonchev–Trinajstić information content (AvgIpc) is 3.46. The lowest BCUT2D eigenvalue weighted by atomic mass is 10.1. The maximum absolute atomic E-state index is 14.7. The van der Waals surface area contributed by atoms with Gasteiger partial charge in [0.25, 0.3) is 11.8 Å². The van der Waals surface area contributed by atoms with Crippen LogP contribution in [-0.2, 0) is 9.59 Å². The van der Waals surface area contributed by atoms with Gasteiger partial charge in [0, 0.05) is 15.2 Å². The van der Waals surface area contributed by atoms with Gasteiger partial charge in [0.1, 0.15) is 15.8 Å². The third kappa shape index (κ3) is 6.26. The molecular formula is C25H15Cl3F4IN3O3. The molecule has 0 saturated heterocycles. The molecule has 3 aromatic carbocycles. The summed E-state index contributed by atoms with van der Waals surface area (Å²) in [4.78, 5) is 37.0. The summed E-state index contributed by atoms with van der Waals surface area (Å²) in [5.74, 6) is -7.50. The van der Waals surface area contributed by atoms with Crippen molar-refractivity contribution in [1.82, 2.24) is 0 Å². The number of rotatable bonds is 7. The molecule has 3 amide bonds. The summed E-state index contributed by atoms with van der Waals surface area (Å²) in [5, 5.41) is 6.12. The Morgan fingerprint density at radius 1 is 0.949 bits per heavy atom. The molecule has 1 aliphatic carbocycles. The molecule has 1 fully saturated rings. The Bertz CT molecular complexity index is 1490. The van der Waals surface area contributed by atoms with Gasteiger partial charge in [-0.2, -0.15) is 8.78 Å². The molecule has 2 atom stereocenters. The van der Waals surface area contributed by atoms with E-state index in [0.717, 1.165) is 15.2 Å². The van der Waals surface area contributed by atoms with Crippen LogP contribution in [0, 0.1) is 21.1 Å². The normalized spacial score (nSPS) is 17.5. The Labute approximate surface area is 247 Å². The SMILES string of the molecule is O=C(Nc1ccc(F)c(NC(=O)C(F)F)c1F)c1cc(NC(=O)[C@H]2[C@H](c3cccc(I)c3)C2(Cl)Cl)ccc1Cl. The lowest BCUT2D eigenvalue weighted by Crippen LogP contribution is -2.22. The molecule has 0 spiro atoms. The Balaban J connectivity index is 1.51. The first-order valence-corrected chi connectivity index (χ1v) is 13.1. The van der Waals surface area contributed by atoms with E-state index in [1.165, 1.54) is 23.5 Å². The zero-order valence-corrected chi connectivity index (χ0v) is 23.6. The van der Waals surface area contributed by atoms with E-state index in [1.807, 2.05) is 24.3 Å². The van der Waals surface area contributed by atoms with Crippen molar-refractivity contribution in [3.05, 3.63) is 86.0 Å². The van der Waals surface area contributed by atoms with Crippen molar-refractivity contribution in [2.75, 3.05) is 16.0 Å². The molecule has 39 heavy (non-hydrogen) atoms. The van der Waals surface area contributed by atoms with Crippen LogP contribution < -0.4 is 16.0 Å². The number of hydrogen-bond donors (Lipinski definition) is 3. The van der Waals surface area contributed by atoms with Crippen LogP contribution >= 0.6 is 57.4 Å². The molecule has 3 aromatic rings. The molecule has 4 rings (SSSR count). The summed E-state index contributed by atoms with van der Waals surface area (Å²) in [7, 11) is 0. The summed E-state index contributed by atoms with van der Waals surface area (Å²) in [6.07, 6.45) is -3.52. The predicted octanol–water partition coefficient (Wildman–Crippen LogP) is 7.20. The fourth-order valence-electron chi connectivity index (χ4n) is 3.90. The number of amides is 3. The smallest absolute Gasteiger partial charge is 0.315 e. The Morgan fingerprint density at radius 3 is 2.33 bits per heavy atom. The molecule has 0 bridgehead atoms. The van der Waals surface area contributed by atoms with Crippen molar-refractivity contribution >= 4 is 92.2 Å². The highest BCUT2D eigenvalue weighted by Gasteiger charge is 2.67. The van der Waals surface area contributed by atoms with Crippen LogP contribution in [0.15, 0.2) is 54.6 Å². The van der Waals surface area contributed by atoms with Gasteiger partial charge in [0.15, 0.2) is 5.82 Å². The standard InChI is InChI=1S/C25H15Cl3F4IN3O3/c26-14-5-4-12(34-23(38)18-17(25(18,27)28)10-2-1-3-11(33)8-10)9-13(14)22(37)35-16-7-6-15(29)20(19(16)30)36-24(39)21(31)32/h1-9,17-18,21H,(H,34,38)(H,35,37)(H,36,39)/t17-,18+/m0/s1. The van der Waals surface area contributed by atoms with Crippen molar-refractivity contribution in [2.45, 2.75) is 16.7 Å². The van der Waals surface area contributed by atoms with E-state index in [0.29, 0.717) is 6.07 Å². The minimum Gasteiger partial charge on any atom is -0.326 e. The summed E-state index contributed by atoms with van der Waals surface area (Å²) in [6, 6.07) is 12.8. The number of benzene rings is 3. The summed E-state index contributed by atoms with van der Waals surface area (Å²) < 4.78 is 53.3. The van der Waals surface area contributed by atoms with E-state index >= 15 is 0 Å². The van der Waals surface area contributed by atoms with Gasteiger partial charge in [0.05, 0.1) is 22.2 Å². The van der Waals surface area contributed by atoms with E-state index in [2.05, 4.69) is 33.2 Å². The lowest BCUT2D eigenvalue weighted by molar-refractivity contribution is -0.126.